The molecule has 0 radical (unpaired) electrons. The van der Waals surface area contributed by atoms with E-state index in [1.165, 1.54) is 18.3 Å². The predicted octanol–water partition coefficient (Wildman–Crippen LogP) is 5.66. The Morgan fingerprint density at radius 2 is 1.78 bits per heavy atom. The van der Waals surface area contributed by atoms with Crippen LogP contribution < -0.4 is 10.1 Å². The number of rotatable bonds is 6. The van der Waals surface area contributed by atoms with E-state index in [1.807, 2.05) is 66.0 Å². The molecule has 32 heavy (non-hydrogen) atoms. The van der Waals surface area contributed by atoms with Gasteiger partial charge in [-0.05, 0) is 54.1 Å². The third-order valence-electron chi connectivity index (χ3n) is 5.25. The molecule has 2 aromatic heterocycles. The van der Waals surface area contributed by atoms with Crippen LogP contribution in [0.5, 0.6) is 5.88 Å². The summed E-state index contributed by atoms with van der Waals surface area (Å²) in [4.78, 5) is 25.0. The van der Waals surface area contributed by atoms with Gasteiger partial charge < -0.3 is 10.1 Å². The fourth-order valence-electron chi connectivity index (χ4n) is 3.63. The minimum Gasteiger partial charge on any atom is -0.407 e. The molecular formula is C25H21N3O3S. The van der Waals surface area contributed by atoms with Crippen LogP contribution in [0.2, 0.25) is 0 Å². The number of carbonyl (C=O) groups excluding carboxylic acids is 2. The zero-order valence-electron chi connectivity index (χ0n) is 17.4. The molecule has 0 bridgehead atoms. The molecule has 160 valence electrons. The maximum atomic E-state index is 12.3. The van der Waals surface area contributed by atoms with Gasteiger partial charge in [0.25, 0.3) is 5.91 Å². The lowest BCUT2D eigenvalue weighted by atomic mass is 10.0. The van der Waals surface area contributed by atoms with E-state index in [2.05, 4.69) is 5.32 Å². The third kappa shape index (κ3) is 4.07. The minimum atomic E-state index is -0.398. The van der Waals surface area contributed by atoms with Crippen LogP contribution in [-0.4, -0.2) is 21.7 Å². The Bertz CT molecular complexity index is 1260. The number of nitrogens with one attached hydrogen (secondary N) is 1. The zero-order chi connectivity index (χ0) is 22.1. The first-order valence-electron chi connectivity index (χ1n) is 10.4. The molecule has 1 aliphatic rings. The van der Waals surface area contributed by atoms with E-state index in [0.29, 0.717) is 22.4 Å². The Labute approximate surface area is 189 Å². The van der Waals surface area contributed by atoms with Gasteiger partial charge in [-0.3, -0.25) is 9.59 Å². The fraction of sp³-hybridized carbons (Fsp3) is 0.160. The summed E-state index contributed by atoms with van der Waals surface area (Å²) in [5.74, 6) is 0.234. The first kappa shape index (κ1) is 20.2. The van der Waals surface area contributed by atoms with Gasteiger partial charge in [0.15, 0.2) is 0 Å². The van der Waals surface area contributed by atoms with Crippen molar-refractivity contribution >= 4 is 28.9 Å². The van der Waals surface area contributed by atoms with Crippen LogP contribution in [0.25, 0.3) is 16.8 Å². The van der Waals surface area contributed by atoms with Gasteiger partial charge in [0.2, 0.25) is 5.88 Å². The second-order valence-corrected chi connectivity index (χ2v) is 8.64. The van der Waals surface area contributed by atoms with Crippen molar-refractivity contribution < 1.29 is 14.3 Å². The molecule has 0 unspecified atom stereocenters. The molecule has 6 nitrogen and oxygen atoms in total. The van der Waals surface area contributed by atoms with Crippen molar-refractivity contribution in [2.24, 2.45) is 0 Å². The maximum absolute atomic E-state index is 12.3. The highest BCUT2D eigenvalue weighted by Crippen LogP contribution is 2.48. The zero-order valence-corrected chi connectivity index (χ0v) is 18.3. The van der Waals surface area contributed by atoms with Crippen molar-refractivity contribution in [2.75, 3.05) is 5.32 Å². The molecule has 7 heteroatoms. The van der Waals surface area contributed by atoms with Crippen molar-refractivity contribution in [1.82, 2.24) is 9.78 Å². The van der Waals surface area contributed by atoms with Crippen LogP contribution in [0, 0.1) is 0 Å². The number of para-hydroxylation sites is 1. The second-order valence-electron chi connectivity index (χ2n) is 7.69. The summed E-state index contributed by atoms with van der Waals surface area (Å²) < 4.78 is 7.39. The van der Waals surface area contributed by atoms with Gasteiger partial charge in [-0.25, -0.2) is 0 Å². The number of anilines is 1. The fourth-order valence-corrected chi connectivity index (χ4v) is 4.25. The molecular weight excluding hydrogens is 422 g/mol. The van der Waals surface area contributed by atoms with Crippen LogP contribution in [0.4, 0.5) is 5.69 Å². The Kier molecular flexibility index (Phi) is 5.33. The van der Waals surface area contributed by atoms with Gasteiger partial charge in [-0.1, -0.05) is 36.4 Å². The van der Waals surface area contributed by atoms with E-state index in [9.17, 15) is 9.59 Å². The number of thiophene rings is 1. The van der Waals surface area contributed by atoms with Crippen LogP contribution in [0.3, 0.4) is 0 Å². The van der Waals surface area contributed by atoms with E-state index < -0.39 is 5.97 Å². The summed E-state index contributed by atoms with van der Waals surface area (Å²) >= 11 is 1.40. The molecule has 1 fully saturated rings. The molecule has 2 heterocycles. The molecule has 0 saturated heterocycles. The SMILES string of the molecule is CC(=O)Oc1c(-c2ccc(NC(=O)c3cccs3)cc2)c(C2CC2)nn1-c1ccccc1. The Hall–Kier alpha value is -3.71. The lowest BCUT2D eigenvalue weighted by Gasteiger charge is -2.10. The number of hydrogen-bond acceptors (Lipinski definition) is 5. The molecule has 1 saturated carbocycles. The Balaban J connectivity index is 1.54. The summed E-state index contributed by atoms with van der Waals surface area (Å²) in [6.07, 6.45) is 2.13. The molecule has 0 spiro atoms. The first-order chi connectivity index (χ1) is 15.6. The lowest BCUT2D eigenvalue weighted by molar-refractivity contribution is -0.132. The van der Waals surface area contributed by atoms with Crippen LogP contribution in [0.1, 0.15) is 41.0 Å². The molecule has 5 rings (SSSR count). The molecule has 2 aromatic carbocycles. The smallest absolute Gasteiger partial charge is 0.309 e. The van der Waals surface area contributed by atoms with Crippen molar-refractivity contribution in [2.45, 2.75) is 25.7 Å². The Morgan fingerprint density at radius 1 is 1.03 bits per heavy atom. The number of aromatic nitrogens is 2. The molecule has 0 aliphatic heterocycles. The van der Waals surface area contributed by atoms with Gasteiger partial charge >= 0.3 is 5.97 Å². The molecule has 4 aromatic rings. The molecule has 1 aliphatic carbocycles. The lowest BCUT2D eigenvalue weighted by Crippen LogP contribution is -2.10. The van der Waals surface area contributed by atoms with Crippen molar-refractivity contribution in [3.8, 4) is 22.7 Å². The van der Waals surface area contributed by atoms with Crippen LogP contribution in [-0.2, 0) is 4.79 Å². The van der Waals surface area contributed by atoms with Crippen molar-refractivity contribution in [1.29, 1.82) is 0 Å². The first-order valence-corrected chi connectivity index (χ1v) is 11.3. The maximum Gasteiger partial charge on any atom is 0.309 e. The number of carbonyl (C=O) groups is 2. The average Bonchev–Trinajstić information content (AvgIpc) is 3.35. The van der Waals surface area contributed by atoms with Crippen LogP contribution >= 0.6 is 11.3 Å². The summed E-state index contributed by atoms with van der Waals surface area (Å²) in [6, 6.07) is 20.9. The van der Waals surface area contributed by atoms with Gasteiger partial charge in [-0.2, -0.15) is 9.78 Å². The highest BCUT2D eigenvalue weighted by Gasteiger charge is 2.34. The van der Waals surface area contributed by atoms with Gasteiger partial charge in [-0.15, -0.1) is 11.3 Å². The summed E-state index contributed by atoms with van der Waals surface area (Å²) in [6.45, 7) is 1.39. The van der Waals surface area contributed by atoms with Crippen LogP contribution in [0.15, 0.2) is 72.1 Å². The third-order valence-corrected chi connectivity index (χ3v) is 6.12. The number of benzene rings is 2. The monoisotopic (exact) mass is 443 g/mol. The molecule has 1 amide bonds. The number of ether oxygens (including phenoxy) is 1. The van der Waals surface area contributed by atoms with E-state index in [4.69, 9.17) is 9.84 Å². The predicted molar refractivity (Wildman–Crippen MR) is 125 cm³/mol. The largest absolute Gasteiger partial charge is 0.407 e. The Morgan fingerprint density at radius 3 is 2.41 bits per heavy atom. The van der Waals surface area contributed by atoms with Gasteiger partial charge in [0, 0.05) is 18.5 Å². The average molecular weight is 444 g/mol. The van der Waals surface area contributed by atoms with Crippen molar-refractivity contribution in [3.63, 3.8) is 0 Å². The van der Waals surface area contributed by atoms with E-state index in [-0.39, 0.29) is 5.91 Å². The second kappa shape index (κ2) is 8.43. The normalized spacial score (nSPS) is 13.0. The standard InChI is InChI=1S/C25H21N3O3S/c1-16(29)31-25-22(23(18-9-10-18)27-28(25)20-6-3-2-4-7-20)17-11-13-19(14-12-17)26-24(30)21-8-5-15-32-21/h2-8,11-15,18H,9-10H2,1H3,(H,26,30). The summed E-state index contributed by atoms with van der Waals surface area (Å²) in [5.41, 5.74) is 4.17. The van der Waals surface area contributed by atoms with Gasteiger partial charge in [0.1, 0.15) is 0 Å². The number of esters is 1. The number of hydrogen-bond donors (Lipinski definition) is 1. The van der Waals surface area contributed by atoms with E-state index >= 15 is 0 Å². The summed E-state index contributed by atoms with van der Waals surface area (Å²) in [7, 11) is 0. The minimum absolute atomic E-state index is 0.135. The number of nitrogens with zero attached hydrogens (tertiary/aromatic N) is 2. The van der Waals surface area contributed by atoms with E-state index in [1.54, 1.807) is 10.7 Å². The highest BCUT2D eigenvalue weighted by atomic mass is 32.1. The van der Waals surface area contributed by atoms with Crippen molar-refractivity contribution in [3.05, 3.63) is 82.7 Å². The van der Waals surface area contributed by atoms with E-state index in [0.717, 1.165) is 35.3 Å². The molecule has 0 atom stereocenters. The highest BCUT2D eigenvalue weighted by molar-refractivity contribution is 7.12. The topological polar surface area (TPSA) is 73.2 Å². The van der Waals surface area contributed by atoms with Gasteiger partial charge in [0.05, 0.1) is 21.8 Å². The molecule has 1 N–H and O–H groups in total. The summed E-state index contributed by atoms with van der Waals surface area (Å²) in [5, 5.41) is 9.64. The quantitative estimate of drug-likeness (QED) is 0.391. The number of amides is 1.